The predicted octanol–water partition coefficient (Wildman–Crippen LogP) is 1.57. The van der Waals surface area contributed by atoms with Crippen LogP contribution in [0, 0.1) is 10.1 Å². The number of carbonyl (C=O) groups excluding carboxylic acids is 1. The second-order valence-corrected chi connectivity index (χ2v) is 2.96. The van der Waals surface area contributed by atoms with Crippen molar-refractivity contribution in [1.29, 1.82) is 0 Å². The van der Waals surface area contributed by atoms with Gasteiger partial charge in [-0.2, -0.15) is 0 Å². The van der Waals surface area contributed by atoms with Gasteiger partial charge in [0.1, 0.15) is 6.54 Å². The van der Waals surface area contributed by atoms with Crippen LogP contribution in [-0.4, -0.2) is 24.0 Å². The molecule has 0 bridgehead atoms. The Bertz CT molecular complexity index is 375. The third kappa shape index (κ3) is 3.56. The molecule has 0 heterocycles. The summed E-state index contributed by atoms with van der Waals surface area (Å²) in [5.74, 6) is -0.360. The number of carbonyl (C=O) groups is 1. The minimum absolute atomic E-state index is 0.0154. The van der Waals surface area contributed by atoms with Crippen LogP contribution in [0.3, 0.4) is 0 Å². The fourth-order valence-electron chi connectivity index (χ4n) is 1.09. The number of ether oxygens (including phenoxy) is 1. The summed E-state index contributed by atoms with van der Waals surface area (Å²) in [6, 6.07) is 5.82. The molecule has 1 N–H and O–H groups in total. The van der Waals surface area contributed by atoms with Gasteiger partial charge in [0, 0.05) is 17.8 Å². The quantitative estimate of drug-likeness (QED) is 0.466. The van der Waals surface area contributed by atoms with Gasteiger partial charge in [0.25, 0.3) is 5.69 Å². The van der Waals surface area contributed by atoms with Crippen LogP contribution >= 0.6 is 0 Å². The Morgan fingerprint density at radius 1 is 1.44 bits per heavy atom. The van der Waals surface area contributed by atoms with Crippen LogP contribution in [0.5, 0.6) is 0 Å². The molecular weight excluding hydrogens is 212 g/mol. The van der Waals surface area contributed by atoms with Crippen molar-refractivity contribution in [1.82, 2.24) is 0 Å². The highest BCUT2D eigenvalue weighted by Gasteiger charge is 2.05. The first-order chi connectivity index (χ1) is 7.63. The van der Waals surface area contributed by atoms with Gasteiger partial charge in [-0.15, -0.1) is 0 Å². The number of non-ortho nitro benzene ring substituents is 1. The van der Waals surface area contributed by atoms with Gasteiger partial charge in [0.2, 0.25) is 0 Å². The highest BCUT2D eigenvalue weighted by molar-refractivity contribution is 5.75. The molecule has 1 aromatic rings. The number of nitrogens with one attached hydrogen (secondary N) is 1. The lowest BCUT2D eigenvalue weighted by Crippen LogP contribution is -2.16. The van der Waals surface area contributed by atoms with E-state index < -0.39 is 4.92 Å². The van der Waals surface area contributed by atoms with Gasteiger partial charge in [0.05, 0.1) is 11.5 Å². The third-order valence-corrected chi connectivity index (χ3v) is 1.82. The fraction of sp³-hybridized carbons (Fsp3) is 0.300. The molecule has 0 amide bonds. The van der Waals surface area contributed by atoms with Crippen LogP contribution < -0.4 is 5.32 Å². The van der Waals surface area contributed by atoms with E-state index in [1.807, 2.05) is 0 Å². The van der Waals surface area contributed by atoms with Crippen LogP contribution in [0.1, 0.15) is 6.92 Å². The van der Waals surface area contributed by atoms with Crippen molar-refractivity contribution in [3.05, 3.63) is 34.4 Å². The molecule has 0 aromatic heterocycles. The highest BCUT2D eigenvalue weighted by Crippen LogP contribution is 2.14. The summed E-state index contributed by atoms with van der Waals surface area (Å²) in [7, 11) is 0. The number of nitro benzene ring substituents is 1. The molecule has 0 unspecified atom stereocenters. The van der Waals surface area contributed by atoms with E-state index in [4.69, 9.17) is 4.74 Å². The van der Waals surface area contributed by atoms with E-state index in [0.717, 1.165) is 0 Å². The van der Waals surface area contributed by atoms with E-state index in [-0.39, 0.29) is 18.2 Å². The van der Waals surface area contributed by atoms with E-state index in [9.17, 15) is 14.9 Å². The zero-order chi connectivity index (χ0) is 12.0. The predicted molar refractivity (Wildman–Crippen MR) is 58.2 cm³/mol. The van der Waals surface area contributed by atoms with Gasteiger partial charge in [-0.1, -0.05) is 0 Å². The first-order valence-corrected chi connectivity index (χ1v) is 4.77. The van der Waals surface area contributed by atoms with Crippen molar-refractivity contribution in [3.8, 4) is 0 Å². The number of nitro groups is 1. The van der Waals surface area contributed by atoms with Crippen LogP contribution in [-0.2, 0) is 9.53 Å². The van der Waals surface area contributed by atoms with Crippen LogP contribution in [0.25, 0.3) is 0 Å². The molecule has 6 nitrogen and oxygen atoms in total. The lowest BCUT2D eigenvalue weighted by atomic mass is 10.3. The second-order valence-electron chi connectivity index (χ2n) is 2.96. The van der Waals surface area contributed by atoms with Crippen molar-refractivity contribution >= 4 is 17.3 Å². The topological polar surface area (TPSA) is 81.5 Å². The average Bonchev–Trinajstić information content (AvgIpc) is 2.27. The van der Waals surface area contributed by atoms with Gasteiger partial charge in [-0.05, 0) is 19.1 Å². The van der Waals surface area contributed by atoms with E-state index in [0.29, 0.717) is 12.3 Å². The largest absolute Gasteiger partial charge is 0.465 e. The van der Waals surface area contributed by atoms with Crippen molar-refractivity contribution < 1.29 is 14.5 Å². The van der Waals surface area contributed by atoms with Crippen molar-refractivity contribution in [2.24, 2.45) is 0 Å². The number of rotatable bonds is 5. The summed E-state index contributed by atoms with van der Waals surface area (Å²) >= 11 is 0. The molecule has 0 spiro atoms. The number of hydrogen-bond donors (Lipinski definition) is 1. The molecule has 0 saturated heterocycles. The number of anilines is 1. The fourth-order valence-corrected chi connectivity index (χ4v) is 1.09. The van der Waals surface area contributed by atoms with E-state index >= 15 is 0 Å². The first kappa shape index (κ1) is 12.0. The molecule has 16 heavy (non-hydrogen) atoms. The Hall–Kier alpha value is -2.11. The zero-order valence-electron chi connectivity index (χ0n) is 8.80. The molecule has 0 aliphatic heterocycles. The molecule has 1 rings (SSSR count). The smallest absolute Gasteiger partial charge is 0.325 e. The van der Waals surface area contributed by atoms with Crippen LogP contribution in [0.2, 0.25) is 0 Å². The molecule has 0 atom stereocenters. The third-order valence-electron chi connectivity index (χ3n) is 1.82. The first-order valence-electron chi connectivity index (χ1n) is 4.77. The Labute approximate surface area is 92.4 Å². The molecule has 0 radical (unpaired) electrons. The highest BCUT2D eigenvalue weighted by atomic mass is 16.6. The lowest BCUT2D eigenvalue weighted by molar-refractivity contribution is -0.384. The summed E-state index contributed by atoms with van der Waals surface area (Å²) in [5, 5.41) is 13.2. The van der Waals surface area contributed by atoms with Gasteiger partial charge < -0.3 is 10.1 Å². The standard InChI is InChI=1S/C10H12N2O4/c1-2-16-10(13)7-11-8-3-5-9(6-4-8)12(14)15/h3-6,11H,2,7H2,1H3. The van der Waals surface area contributed by atoms with Crippen LogP contribution in [0.15, 0.2) is 24.3 Å². The Balaban J connectivity index is 2.49. The minimum atomic E-state index is -0.477. The van der Waals surface area contributed by atoms with Gasteiger partial charge >= 0.3 is 5.97 Å². The minimum Gasteiger partial charge on any atom is -0.465 e. The maximum atomic E-state index is 11.0. The van der Waals surface area contributed by atoms with E-state index in [1.54, 1.807) is 6.92 Å². The molecule has 1 aromatic carbocycles. The molecular formula is C10H12N2O4. The van der Waals surface area contributed by atoms with Crippen LogP contribution in [0.4, 0.5) is 11.4 Å². The van der Waals surface area contributed by atoms with Crippen molar-refractivity contribution in [2.45, 2.75) is 6.92 Å². The average molecular weight is 224 g/mol. The van der Waals surface area contributed by atoms with Crippen molar-refractivity contribution in [3.63, 3.8) is 0 Å². The monoisotopic (exact) mass is 224 g/mol. The lowest BCUT2D eigenvalue weighted by Gasteiger charge is -2.05. The molecule has 0 aliphatic carbocycles. The Kier molecular flexibility index (Phi) is 4.26. The molecule has 86 valence electrons. The summed E-state index contributed by atoms with van der Waals surface area (Å²) in [5.41, 5.74) is 0.653. The number of esters is 1. The molecule has 0 fully saturated rings. The van der Waals surface area contributed by atoms with E-state index in [2.05, 4.69) is 5.32 Å². The SMILES string of the molecule is CCOC(=O)CNc1ccc([N+](=O)[O-])cc1. The second kappa shape index (κ2) is 5.69. The Morgan fingerprint density at radius 3 is 2.56 bits per heavy atom. The normalized spacial score (nSPS) is 9.56. The molecule has 6 heteroatoms. The molecule has 0 aliphatic rings. The number of hydrogen-bond acceptors (Lipinski definition) is 5. The summed E-state index contributed by atoms with van der Waals surface area (Å²) in [6.45, 7) is 2.11. The van der Waals surface area contributed by atoms with Gasteiger partial charge in [-0.25, -0.2) is 0 Å². The van der Waals surface area contributed by atoms with Gasteiger partial charge in [-0.3, -0.25) is 14.9 Å². The number of nitrogens with zero attached hydrogens (tertiary/aromatic N) is 1. The van der Waals surface area contributed by atoms with Gasteiger partial charge in [0.15, 0.2) is 0 Å². The maximum Gasteiger partial charge on any atom is 0.325 e. The Morgan fingerprint density at radius 2 is 2.06 bits per heavy atom. The van der Waals surface area contributed by atoms with Crippen molar-refractivity contribution in [2.75, 3.05) is 18.5 Å². The number of benzene rings is 1. The summed E-state index contributed by atoms with van der Waals surface area (Å²) < 4.78 is 4.72. The molecule has 0 saturated carbocycles. The summed E-state index contributed by atoms with van der Waals surface area (Å²) in [6.07, 6.45) is 0. The zero-order valence-corrected chi connectivity index (χ0v) is 8.80. The summed E-state index contributed by atoms with van der Waals surface area (Å²) in [4.78, 5) is 20.9. The van der Waals surface area contributed by atoms with E-state index in [1.165, 1.54) is 24.3 Å². The maximum absolute atomic E-state index is 11.0.